The standard InChI is InChI=1S/C16H18F2N2OS.ClH/c17-16(18)21-14-3-1-12(2-4-14)15(13-5-10-22-11-13)20-8-6-19-7-9-20;/h1-5,10-11,15-16,19H,6-9H2;1H/t15-;/m0./s1. The van der Waals surface area contributed by atoms with E-state index in [0.717, 1.165) is 31.7 Å². The molecule has 0 saturated carbocycles. The van der Waals surface area contributed by atoms with E-state index in [9.17, 15) is 8.78 Å². The Bertz CT molecular complexity index is 574. The third kappa shape index (κ3) is 4.64. The van der Waals surface area contributed by atoms with Gasteiger partial charge in [0.25, 0.3) is 0 Å². The number of benzene rings is 1. The highest BCUT2D eigenvalue weighted by molar-refractivity contribution is 7.08. The number of nitrogens with zero attached hydrogens (tertiary/aromatic N) is 1. The Morgan fingerprint density at radius 3 is 2.30 bits per heavy atom. The van der Waals surface area contributed by atoms with Crippen molar-refractivity contribution in [3.8, 4) is 5.75 Å². The maximum absolute atomic E-state index is 12.3. The fraction of sp³-hybridized carbons (Fsp3) is 0.375. The topological polar surface area (TPSA) is 24.5 Å². The fourth-order valence-electron chi connectivity index (χ4n) is 2.82. The van der Waals surface area contributed by atoms with Gasteiger partial charge in [0.2, 0.25) is 0 Å². The lowest BCUT2D eigenvalue weighted by molar-refractivity contribution is -0.0498. The summed E-state index contributed by atoms with van der Waals surface area (Å²) < 4.78 is 28.9. The third-order valence-electron chi connectivity index (χ3n) is 3.80. The molecule has 1 fully saturated rings. The van der Waals surface area contributed by atoms with Crippen LogP contribution in [0.25, 0.3) is 0 Å². The molecule has 0 aliphatic carbocycles. The van der Waals surface area contributed by atoms with Crippen LogP contribution in [-0.4, -0.2) is 37.7 Å². The van der Waals surface area contributed by atoms with Crippen molar-refractivity contribution in [3.63, 3.8) is 0 Å². The van der Waals surface area contributed by atoms with Crippen molar-refractivity contribution < 1.29 is 13.5 Å². The minimum atomic E-state index is -2.79. The van der Waals surface area contributed by atoms with Gasteiger partial charge in [0.15, 0.2) is 0 Å². The molecule has 0 spiro atoms. The molecular weight excluding hydrogens is 342 g/mol. The van der Waals surface area contributed by atoms with Crippen LogP contribution in [0.5, 0.6) is 5.75 Å². The monoisotopic (exact) mass is 360 g/mol. The summed E-state index contributed by atoms with van der Waals surface area (Å²) in [7, 11) is 0. The van der Waals surface area contributed by atoms with E-state index in [1.165, 1.54) is 5.56 Å². The van der Waals surface area contributed by atoms with Gasteiger partial charge in [-0.1, -0.05) is 12.1 Å². The van der Waals surface area contributed by atoms with Crippen molar-refractivity contribution in [2.24, 2.45) is 0 Å². The average Bonchev–Trinajstić information content (AvgIpc) is 3.04. The molecule has 1 N–H and O–H groups in total. The highest BCUT2D eigenvalue weighted by Gasteiger charge is 2.24. The number of hydrogen-bond acceptors (Lipinski definition) is 4. The molecule has 7 heteroatoms. The number of halogens is 3. The molecule has 0 bridgehead atoms. The molecule has 0 amide bonds. The van der Waals surface area contributed by atoms with Crippen LogP contribution in [0.2, 0.25) is 0 Å². The van der Waals surface area contributed by atoms with Gasteiger partial charge in [-0.15, -0.1) is 12.4 Å². The Hall–Kier alpha value is -1.21. The molecule has 23 heavy (non-hydrogen) atoms. The van der Waals surface area contributed by atoms with Crippen LogP contribution in [0.3, 0.4) is 0 Å². The van der Waals surface area contributed by atoms with Gasteiger partial charge < -0.3 is 10.1 Å². The van der Waals surface area contributed by atoms with Crippen LogP contribution in [0.4, 0.5) is 8.78 Å². The van der Waals surface area contributed by atoms with E-state index in [1.807, 2.05) is 12.1 Å². The molecule has 3 nitrogen and oxygen atoms in total. The number of nitrogens with one attached hydrogen (secondary N) is 1. The van der Waals surface area contributed by atoms with Crippen molar-refractivity contribution in [1.82, 2.24) is 10.2 Å². The lowest BCUT2D eigenvalue weighted by atomic mass is 9.99. The number of hydrogen-bond donors (Lipinski definition) is 1. The zero-order valence-electron chi connectivity index (χ0n) is 12.5. The van der Waals surface area contributed by atoms with Gasteiger partial charge in [-0.25, -0.2) is 0 Å². The summed E-state index contributed by atoms with van der Waals surface area (Å²) in [5, 5.41) is 7.57. The van der Waals surface area contributed by atoms with E-state index in [-0.39, 0.29) is 24.2 Å². The molecule has 126 valence electrons. The van der Waals surface area contributed by atoms with Gasteiger partial charge in [0.1, 0.15) is 5.75 Å². The predicted molar refractivity (Wildman–Crippen MR) is 90.9 cm³/mol. The van der Waals surface area contributed by atoms with E-state index < -0.39 is 6.61 Å². The molecule has 1 aromatic carbocycles. The molecule has 1 aromatic heterocycles. The van der Waals surface area contributed by atoms with Crippen molar-refractivity contribution >= 4 is 23.7 Å². The first kappa shape index (κ1) is 18.1. The van der Waals surface area contributed by atoms with Crippen LogP contribution in [0, 0.1) is 0 Å². The first-order valence-electron chi connectivity index (χ1n) is 7.25. The van der Waals surface area contributed by atoms with Gasteiger partial charge in [-0.05, 0) is 40.1 Å². The molecule has 1 aliphatic rings. The first-order chi connectivity index (χ1) is 10.7. The molecular formula is C16H19ClF2N2OS. The van der Waals surface area contributed by atoms with E-state index in [1.54, 1.807) is 23.5 Å². The maximum Gasteiger partial charge on any atom is 0.387 e. The highest BCUT2D eigenvalue weighted by Crippen LogP contribution is 2.31. The Kier molecular flexibility index (Phi) is 6.77. The quantitative estimate of drug-likeness (QED) is 0.878. The zero-order chi connectivity index (χ0) is 15.4. The zero-order valence-corrected chi connectivity index (χ0v) is 14.1. The molecule has 1 saturated heterocycles. The van der Waals surface area contributed by atoms with Gasteiger partial charge in [-0.3, -0.25) is 4.90 Å². The van der Waals surface area contributed by atoms with E-state index >= 15 is 0 Å². The third-order valence-corrected chi connectivity index (χ3v) is 4.50. The molecule has 2 heterocycles. The van der Waals surface area contributed by atoms with E-state index in [4.69, 9.17) is 0 Å². The molecule has 2 aromatic rings. The van der Waals surface area contributed by atoms with Crippen molar-refractivity contribution in [2.75, 3.05) is 26.2 Å². The second kappa shape index (κ2) is 8.59. The summed E-state index contributed by atoms with van der Waals surface area (Å²) >= 11 is 1.67. The molecule has 3 rings (SSSR count). The number of rotatable bonds is 5. The van der Waals surface area contributed by atoms with Crippen molar-refractivity contribution in [3.05, 3.63) is 52.2 Å². The SMILES string of the molecule is Cl.FC(F)Oc1ccc([C@@H](c2ccsc2)N2CCNCC2)cc1. The van der Waals surface area contributed by atoms with Crippen LogP contribution in [-0.2, 0) is 0 Å². The second-order valence-corrected chi connectivity index (χ2v) is 5.97. The summed E-state index contributed by atoms with van der Waals surface area (Å²) in [5.74, 6) is 0.197. The summed E-state index contributed by atoms with van der Waals surface area (Å²) in [6.45, 7) is 1.08. The maximum atomic E-state index is 12.3. The number of piperazine rings is 1. The number of ether oxygens (including phenoxy) is 1. The molecule has 0 unspecified atom stereocenters. The molecule has 1 aliphatic heterocycles. The summed E-state index contributed by atoms with van der Waals surface area (Å²) in [6, 6.07) is 9.27. The Balaban J connectivity index is 0.00000192. The predicted octanol–water partition coefficient (Wildman–Crippen LogP) is 3.77. The van der Waals surface area contributed by atoms with Gasteiger partial charge in [0.05, 0.1) is 6.04 Å². The second-order valence-electron chi connectivity index (χ2n) is 5.19. The summed E-state index contributed by atoms with van der Waals surface area (Å²) in [6.07, 6.45) is 0. The van der Waals surface area contributed by atoms with Crippen LogP contribution < -0.4 is 10.1 Å². The van der Waals surface area contributed by atoms with Crippen molar-refractivity contribution in [1.29, 1.82) is 0 Å². The smallest absolute Gasteiger partial charge is 0.387 e. The first-order valence-corrected chi connectivity index (χ1v) is 8.20. The summed E-state index contributed by atoms with van der Waals surface area (Å²) in [4.78, 5) is 2.42. The largest absolute Gasteiger partial charge is 0.435 e. The van der Waals surface area contributed by atoms with Crippen LogP contribution >= 0.6 is 23.7 Å². The minimum absolute atomic E-state index is 0. The van der Waals surface area contributed by atoms with Gasteiger partial charge in [0, 0.05) is 26.2 Å². The minimum Gasteiger partial charge on any atom is -0.435 e. The molecule has 0 radical (unpaired) electrons. The van der Waals surface area contributed by atoms with Crippen LogP contribution in [0.15, 0.2) is 41.1 Å². The van der Waals surface area contributed by atoms with Crippen LogP contribution in [0.1, 0.15) is 17.2 Å². The number of alkyl halides is 2. The Morgan fingerprint density at radius 1 is 1.04 bits per heavy atom. The van der Waals surface area contributed by atoms with Gasteiger partial charge >= 0.3 is 6.61 Å². The lowest BCUT2D eigenvalue weighted by Crippen LogP contribution is -2.45. The number of thiophene rings is 1. The van der Waals surface area contributed by atoms with Crippen molar-refractivity contribution in [2.45, 2.75) is 12.7 Å². The summed E-state index contributed by atoms with van der Waals surface area (Å²) in [5.41, 5.74) is 2.34. The van der Waals surface area contributed by atoms with E-state index in [0.29, 0.717) is 0 Å². The van der Waals surface area contributed by atoms with Gasteiger partial charge in [-0.2, -0.15) is 20.1 Å². The normalized spacial score (nSPS) is 16.8. The Morgan fingerprint density at radius 2 is 1.74 bits per heavy atom. The highest BCUT2D eigenvalue weighted by atomic mass is 35.5. The Labute approximate surface area is 144 Å². The van der Waals surface area contributed by atoms with E-state index in [2.05, 4.69) is 31.8 Å². The molecule has 1 atom stereocenters. The fourth-order valence-corrected chi connectivity index (χ4v) is 3.50. The average molecular weight is 361 g/mol. The lowest BCUT2D eigenvalue weighted by Gasteiger charge is -2.35.